The van der Waals surface area contributed by atoms with Gasteiger partial charge >= 0.3 is 0 Å². The monoisotopic (exact) mass is 247 g/mol. The molecule has 1 fully saturated rings. The van der Waals surface area contributed by atoms with E-state index in [1.165, 1.54) is 5.56 Å². The minimum Gasteiger partial charge on any atom is -0.360 e. The molecule has 1 saturated heterocycles. The number of carbonyl (C=O) groups is 1. The molecule has 1 aliphatic heterocycles. The third-order valence-corrected chi connectivity index (χ3v) is 3.28. The van der Waals surface area contributed by atoms with Gasteiger partial charge in [0.2, 0.25) is 5.91 Å². The molecular weight excluding hydrogens is 226 g/mol. The van der Waals surface area contributed by atoms with Gasteiger partial charge in [-0.1, -0.05) is 17.7 Å². The normalized spacial score (nSPS) is 19.8. The summed E-state index contributed by atoms with van der Waals surface area (Å²) in [6, 6.07) is 8.58. The number of piperazine rings is 1. The maximum Gasteiger partial charge on any atom is 0.239 e. The summed E-state index contributed by atoms with van der Waals surface area (Å²) in [7, 11) is 1.93. The van der Waals surface area contributed by atoms with Crippen molar-refractivity contribution in [2.75, 3.05) is 31.6 Å². The van der Waals surface area contributed by atoms with Crippen LogP contribution in [0.5, 0.6) is 0 Å². The van der Waals surface area contributed by atoms with Crippen LogP contribution >= 0.6 is 0 Å². The minimum absolute atomic E-state index is 0.114. The lowest BCUT2D eigenvalue weighted by atomic mass is 10.1. The highest BCUT2D eigenvalue weighted by Crippen LogP contribution is 2.17. The molecule has 18 heavy (non-hydrogen) atoms. The van der Waals surface area contributed by atoms with Crippen LogP contribution in [0.25, 0.3) is 0 Å². The first-order chi connectivity index (χ1) is 8.69. The van der Waals surface area contributed by atoms with Crippen LogP contribution in [0.3, 0.4) is 0 Å². The lowest BCUT2D eigenvalue weighted by Gasteiger charge is -2.34. The molecule has 1 aromatic carbocycles. The van der Waals surface area contributed by atoms with E-state index in [-0.39, 0.29) is 11.9 Å². The number of amides is 1. The van der Waals surface area contributed by atoms with Crippen molar-refractivity contribution in [1.29, 1.82) is 0 Å². The third-order valence-electron chi connectivity index (χ3n) is 3.28. The molecule has 1 aromatic rings. The minimum atomic E-state index is 0.114. The molecule has 2 N–H and O–H groups in total. The molecule has 0 saturated carbocycles. The van der Waals surface area contributed by atoms with Crippen molar-refractivity contribution in [1.82, 2.24) is 10.6 Å². The highest BCUT2D eigenvalue weighted by atomic mass is 16.2. The molecule has 1 atom stereocenters. The second-order valence-electron chi connectivity index (χ2n) is 4.87. The summed E-state index contributed by atoms with van der Waals surface area (Å²) in [5.41, 5.74) is 2.37. The number of carbonyl (C=O) groups excluding carboxylic acids is 1. The number of hydrogen-bond acceptors (Lipinski definition) is 3. The average molecular weight is 247 g/mol. The summed E-state index contributed by atoms with van der Waals surface area (Å²) in [6.07, 6.45) is 0.963. The fraction of sp³-hybridized carbons (Fsp3) is 0.500. The van der Waals surface area contributed by atoms with Crippen molar-refractivity contribution < 1.29 is 4.79 Å². The van der Waals surface area contributed by atoms with Crippen molar-refractivity contribution in [3.05, 3.63) is 29.8 Å². The third kappa shape index (κ3) is 3.23. The Labute approximate surface area is 108 Å². The summed E-state index contributed by atoms with van der Waals surface area (Å²) >= 11 is 0. The number of rotatable bonds is 4. The van der Waals surface area contributed by atoms with Gasteiger partial charge in [-0.3, -0.25) is 4.79 Å². The van der Waals surface area contributed by atoms with Crippen LogP contribution in [0.2, 0.25) is 0 Å². The van der Waals surface area contributed by atoms with Crippen LogP contribution in [0.15, 0.2) is 24.3 Å². The molecule has 0 bridgehead atoms. The van der Waals surface area contributed by atoms with Crippen molar-refractivity contribution in [2.45, 2.75) is 19.4 Å². The highest BCUT2D eigenvalue weighted by molar-refractivity contribution is 5.83. The highest BCUT2D eigenvalue weighted by Gasteiger charge is 2.24. The Morgan fingerprint density at radius 3 is 2.78 bits per heavy atom. The van der Waals surface area contributed by atoms with E-state index in [0.717, 1.165) is 25.2 Å². The molecule has 98 valence electrons. The number of nitrogens with zero attached hydrogens (tertiary/aromatic N) is 1. The van der Waals surface area contributed by atoms with Crippen LogP contribution in [0.4, 0.5) is 5.69 Å². The SMILES string of the molecule is CNCCC1CN(c2ccc(C)cc2)CC(=O)N1. The predicted octanol–water partition coefficient (Wildman–Crippen LogP) is 0.909. The zero-order chi connectivity index (χ0) is 13.0. The molecule has 4 heteroatoms. The quantitative estimate of drug-likeness (QED) is 0.831. The molecule has 2 rings (SSSR count). The van der Waals surface area contributed by atoms with Gasteiger partial charge < -0.3 is 15.5 Å². The number of anilines is 1. The lowest BCUT2D eigenvalue weighted by molar-refractivity contribution is -0.121. The van der Waals surface area contributed by atoms with Crippen LogP contribution in [0.1, 0.15) is 12.0 Å². The fourth-order valence-electron chi connectivity index (χ4n) is 2.26. The standard InChI is InChI=1S/C14H21N3O/c1-11-3-5-13(6-4-11)17-9-12(7-8-15-2)16-14(18)10-17/h3-6,12,15H,7-10H2,1-2H3,(H,16,18). The summed E-state index contributed by atoms with van der Waals surface area (Å²) < 4.78 is 0. The Bertz CT molecular complexity index is 402. The summed E-state index contributed by atoms with van der Waals surface area (Å²) in [4.78, 5) is 13.9. The van der Waals surface area contributed by atoms with Crippen LogP contribution in [-0.4, -0.2) is 38.6 Å². The van der Waals surface area contributed by atoms with Crippen molar-refractivity contribution in [3.8, 4) is 0 Å². The molecular formula is C14H21N3O. The number of benzene rings is 1. The Morgan fingerprint density at radius 1 is 1.39 bits per heavy atom. The van der Waals surface area contributed by atoms with Gasteiger partial charge in [0.25, 0.3) is 0 Å². The molecule has 4 nitrogen and oxygen atoms in total. The molecule has 1 amide bonds. The van der Waals surface area contributed by atoms with Crippen LogP contribution in [0, 0.1) is 6.92 Å². The van der Waals surface area contributed by atoms with Gasteiger partial charge in [0.05, 0.1) is 6.54 Å². The maximum atomic E-state index is 11.7. The number of nitrogens with one attached hydrogen (secondary N) is 2. The number of hydrogen-bond donors (Lipinski definition) is 2. The zero-order valence-corrected chi connectivity index (χ0v) is 11.1. The molecule has 0 spiro atoms. The predicted molar refractivity (Wildman–Crippen MR) is 73.9 cm³/mol. The number of aryl methyl sites for hydroxylation is 1. The smallest absolute Gasteiger partial charge is 0.239 e. The Morgan fingerprint density at radius 2 is 2.11 bits per heavy atom. The first-order valence-corrected chi connectivity index (χ1v) is 6.44. The molecule has 1 heterocycles. The average Bonchev–Trinajstić information content (AvgIpc) is 2.36. The first kappa shape index (κ1) is 12.9. The summed E-state index contributed by atoms with van der Waals surface area (Å²) in [5.74, 6) is 0.114. The van der Waals surface area contributed by atoms with Crippen molar-refractivity contribution >= 4 is 11.6 Å². The van der Waals surface area contributed by atoms with Gasteiger partial charge in [-0.25, -0.2) is 0 Å². The van der Waals surface area contributed by atoms with E-state index in [2.05, 4.69) is 46.7 Å². The van der Waals surface area contributed by atoms with E-state index in [1.54, 1.807) is 0 Å². The van der Waals surface area contributed by atoms with E-state index < -0.39 is 0 Å². The van der Waals surface area contributed by atoms with E-state index >= 15 is 0 Å². The van der Waals surface area contributed by atoms with Gasteiger partial charge in [0.15, 0.2) is 0 Å². The van der Waals surface area contributed by atoms with E-state index in [4.69, 9.17) is 0 Å². The van der Waals surface area contributed by atoms with E-state index in [0.29, 0.717) is 6.54 Å². The summed E-state index contributed by atoms with van der Waals surface area (Å²) in [6.45, 7) is 4.34. The van der Waals surface area contributed by atoms with Gasteiger partial charge in [-0.2, -0.15) is 0 Å². The topological polar surface area (TPSA) is 44.4 Å². The van der Waals surface area contributed by atoms with E-state index in [9.17, 15) is 4.79 Å². The Balaban J connectivity index is 2.03. The first-order valence-electron chi connectivity index (χ1n) is 6.44. The molecule has 1 aliphatic rings. The Kier molecular flexibility index (Phi) is 4.20. The van der Waals surface area contributed by atoms with Crippen molar-refractivity contribution in [3.63, 3.8) is 0 Å². The zero-order valence-electron chi connectivity index (χ0n) is 11.1. The molecule has 0 radical (unpaired) electrons. The second-order valence-corrected chi connectivity index (χ2v) is 4.87. The largest absolute Gasteiger partial charge is 0.360 e. The van der Waals surface area contributed by atoms with Gasteiger partial charge in [0.1, 0.15) is 0 Å². The van der Waals surface area contributed by atoms with Crippen molar-refractivity contribution in [2.24, 2.45) is 0 Å². The second kappa shape index (κ2) is 5.87. The van der Waals surface area contributed by atoms with Gasteiger partial charge in [-0.05, 0) is 39.1 Å². The molecule has 0 aliphatic carbocycles. The lowest BCUT2D eigenvalue weighted by Crippen LogP contribution is -2.54. The molecule has 0 aromatic heterocycles. The van der Waals surface area contributed by atoms with Crippen LogP contribution in [-0.2, 0) is 4.79 Å². The van der Waals surface area contributed by atoms with Gasteiger partial charge in [0, 0.05) is 18.3 Å². The van der Waals surface area contributed by atoms with Gasteiger partial charge in [-0.15, -0.1) is 0 Å². The van der Waals surface area contributed by atoms with Crippen LogP contribution < -0.4 is 15.5 Å². The Hall–Kier alpha value is -1.55. The maximum absolute atomic E-state index is 11.7. The van der Waals surface area contributed by atoms with E-state index in [1.807, 2.05) is 7.05 Å². The summed E-state index contributed by atoms with van der Waals surface area (Å²) in [5, 5.41) is 6.16. The molecule has 1 unspecified atom stereocenters. The fourth-order valence-corrected chi connectivity index (χ4v) is 2.26.